The third-order valence-corrected chi connectivity index (χ3v) is 3.07. The van der Waals surface area contributed by atoms with E-state index in [1.54, 1.807) is 7.11 Å². The summed E-state index contributed by atoms with van der Waals surface area (Å²) in [6.45, 7) is 5.05. The van der Waals surface area contributed by atoms with Crippen molar-refractivity contribution in [2.75, 3.05) is 25.2 Å². The third kappa shape index (κ3) is 4.17. The molecule has 0 saturated carbocycles. The lowest BCUT2D eigenvalue weighted by atomic mass is 10.1. The minimum absolute atomic E-state index is 0.150. The summed E-state index contributed by atoms with van der Waals surface area (Å²) in [6, 6.07) is 3.78. The van der Waals surface area contributed by atoms with Crippen LogP contribution in [0.2, 0.25) is 0 Å². The van der Waals surface area contributed by atoms with Crippen molar-refractivity contribution >= 4 is 11.4 Å². The fraction of sp³-hybridized carbons (Fsp3) is 0.538. The molecule has 5 nitrogen and oxygen atoms in total. The first-order valence-corrected chi connectivity index (χ1v) is 6.20. The van der Waals surface area contributed by atoms with Gasteiger partial charge in [-0.05, 0) is 19.4 Å². The molecule has 0 N–H and O–H groups in total. The van der Waals surface area contributed by atoms with Gasteiger partial charge in [0.15, 0.2) is 0 Å². The highest BCUT2D eigenvalue weighted by Gasteiger charge is 2.17. The topological polar surface area (TPSA) is 55.6 Å². The van der Waals surface area contributed by atoms with Crippen molar-refractivity contribution in [2.24, 2.45) is 0 Å². The molecule has 0 fully saturated rings. The fourth-order valence-corrected chi connectivity index (χ4v) is 1.84. The summed E-state index contributed by atoms with van der Waals surface area (Å²) in [6.07, 6.45) is 0.855. The predicted molar refractivity (Wildman–Crippen MR) is 72.0 cm³/mol. The van der Waals surface area contributed by atoms with Crippen LogP contribution in [0.1, 0.15) is 20.3 Å². The lowest BCUT2D eigenvalue weighted by molar-refractivity contribution is -0.385. The highest BCUT2D eigenvalue weighted by atomic mass is 19.1. The summed E-state index contributed by atoms with van der Waals surface area (Å²) < 4.78 is 18.5. The van der Waals surface area contributed by atoms with Crippen LogP contribution >= 0.6 is 0 Å². The van der Waals surface area contributed by atoms with Crippen molar-refractivity contribution in [3.63, 3.8) is 0 Å². The molecule has 0 bridgehead atoms. The lowest BCUT2D eigenvalue weighted by Gasteiger charge is -2.30. The molecular formula is C13H19FN2O3. The second-order valence-electron chi connectivity index (χ2n) is 4.37. The molecular weight excluding hydrogens is 251 g/mol. The van der Waals surface area contributed by atoms with Crippen LogP contribution in [0.3, 0.4) is 0 Å². The molecule has 0 heterocycles. The number of hydrogen-bond donors (Lipinski definition) is 0. The van der Waals surface area contributed by atoms with Gasteiger partial charge in [-0.2, -0.15) is 0 Å². The maximum absolute atomic E-state index is 13.5. The van der Waals surface area contributed by atoms with Crippen LogP contribution in [0, 0.1) is 15.9 Å². The smallest absolute Gasteiger partial charge is 0.274 e. The van der Waals surface area contributed by atoms with E-state index in [1.807, 2.05) is 18.7 Å². The van der Waals surface area contributed by atoms with E-state index >= 15 is 0 Å². The molecule has 1 rings (SSSR count). The quantitative estimate of drug-likeness (QED) is 0.564. The van der Waals surface area contributed by atoms with E-state index < -0.39 is 10.7 Å². The number of halogens is 1. The summed E-state index contributed by atoms with van der Waals surface area (Å²) in [5.74, 6) is -0.602. The number of ether oxygens (including phenoxy) is 1. The van der Waals surface area contributed by atoms with Crippen molar-refractivity contribution in [3.05, 3.63) is 34.1 Å². The Morgan fingerprint density at radius 1 is 1.47 bits per heavy atom. The van der Waals surface area contributed by atoms with E-state index in [0.717, 1.165) is 12.5 Å². The Kier molecular flexibility index (Phi) is 5.69. The SMILES string of the molecule is CCC(C)N(CCOC)c1cc(F)cc([N+](=O)[O-])c1. The Morgan fingerprint density at radius 2 is 2.16 bits per heavy atom. The monoisotopic (exact) mass is 270 g/mol. The molecule has 0 amide bonds. The highest BCUT2D eigenvalue weighted by Crippen LogP contribution is 2.25. The molecule has 1 unspecified atom stereocenters. The van der Waals surface area contributed by atoms with E-state index in [9.17, 15) is 14.5 Å². The number of rotatable bonds is 7. The number of methoxy groups -OCH3 is 1. The fourth-order valence-electron chi connectivity index (χ4n) is 1.84. The van der Waals surface area contributed by atoms with Crippen LogP contribution in [0.25, 0.3) is 0 Å². The second kappa shape index (κ2) is 7.04. The van der Waals surface area contributed by atoms with Crippen LogP contribution < -0.4 is 4.90 Å². The number of benzene rings is 1. The minimum atomic E-state index is -0.602. The van der Waals surface area contributed by atoms with E-state index in [2.05, 4.69) is 0 Å². The second-order valence-corrected chi connectivity index (χ2v) is 4.37. The predicted octanol–water partition coefficient (Wildman–Crippen LogP) is 2.99. The molecule has 19 heavy (non-hydrogen) atoms. The first-order chi connectivity index (χ1) is 8.99. The van der Waals surface area contributed by atoms with Crippen LogP contribution in [0.15, 0.2) is 18.2 Å². The highest BCUT2D eigenvalue weighted by molar-refractivity contribution is 5.54. The van der Waals surface area contributed by atoms with Crippen LogP contribution in [-0.2, 0) is 4.74 Å². The lowest BCUT2D eigenvalue weighted by Crippen LogP contribution is -2.35. The summed E-state index contributed by atoms with van der Waals surface area (Å²) >= 11 is 0. The number of nitro groups is 1. The van der Waals surface area contributed by atoms with E-state index in [1.165, 1.54) is 12.1 Å². The van der Waals surface area contributed by atoms with Crippen LogP contribution in [0.4, 0.5) is 15.8 Å². The summed E-state index contributed by atoms with van der Waals surface area (Å²) in [4.78, 5) is 12.1. The van der Waals surface area contributed by atoms with Crippen molar-refractivity contribution in [3.8, 4) is 0 Å². The van der Waals surface area contributed by atoms with Gasteiger partial charge in [-0.25, -0.2) is 4.39 Å². The van der Waals surface area contributed by atoms with E-state index in [4.69, 9.17) is 4.74 Å². The summed E-state index contributed by atoms with van der Waals surface area (Å²) in [5, 5.41) is 10.8. The Bertz CT molecular complexity index is 440. The zero-order valence-electron chi connectivity index (χ0n) is 11.4. The first kappa shape index (κ1) is 15.4. The molecule has 0 aliphatic heterocycles. The van der Waals surface area contributed by atoms with Gasteiger partial charge in [0.25, 0.3) is 5.69 Å². The molecule has 0 aliphatic rings. The standard InChI is InChI=1S/C13H19FN2O3/c1-4-10(2)15(5-6-19-3)12-7-11(14)8-13(9-12)16(17)18/h7-10H,4-6H2,1-3H3. The number of anilines is 1. The van der Waals surface area contributed by atoms with E-state index in [-0.39, 0.29) is 11.7 Å². The average molecular weight is 270 g/mol. The maximum atomic E-state index is 13.5. The maximum Gasteiger partial charge on any atom is 0.274 e. The number of nitro benzene ring substituents is 1. The molecule has 0 aliphatic carbocycles. The van der Waals surface area contributed by atoms with Gasteiger partial charge >= 0.3 is 0 Å². The number of non-ortho nitro benzene ring substituents is 1. The van der Waals surface area contributed by atoms with Gasteiger partial charge in [0.1, 0.15) is 5.82 Å². The zero-order valence-corrected chi connectivity index (χ0v) is 11.4. The van der Waals surface area contributed by atoms with Crippen molar-refractivity contribution in [1.29, 1.82) is 0 Å². The Labute approximate surface area is 112 Å². The Hall–Kier alpha value is -1.69. The molecule has 0 saturated heterocycles. The Morgan fingerprint density at radius 3 is 2.68 bits per heavy atom. The molecule has 1 aromatic carbocycles. The van der Waals surface area contributed by atoms with Gasteiger partial charge in [-0.1, -0.05) is 6.92 Å². The van der Waals surface area contributed by atoms with Crippen molar-refractivity contribution < 1.29 is 14.1 Å². The normalized spacial score (nSPS) is 12.2. The minimum Gasteiger partial charge on any atom is -0.383 e. The third-order valence-electron chi connectivity index (χ3n) is 3.07. The van der Waals surface area contributed by atoms with Crippen molar-refractivity contribution in [2.45, 2.75) is 26.3 Å². The summed E-state index contributed by atoms with van der Waals surface area (Å²) in [7, 11) is 1.59. The van der Waals surface area contributed by atoms with Crippen LogP contribution in [0.5, 0.6) is 0 Å². The molecule has 0 aromatic heterocycles. The van der Waals surface area contributed by atoms with Gasteiger partial charge in [-0.3, -0.25) is 10.1 Å². The summed E-state index contributed by atoms with van der Waals surface area (Å²) in [5.41, 5.74) is 0.277. The van der Waals surface area contributed by atoms with Crippen molar-refractivity contribution in [1.82, 2.24) is 0 Å². The van der Waals surface area contributed by atoms with Gasteiger partial charge in [-0.15, -0.1) is 0 Å². The molecule has 1 atom stereocenters. The zero-order chi connectivity index (χ0) is 14.4. The first-order valence-electron chi connectivity index (χ1n) is 6.20. The number of hydrogen-bond acceptors (Lipinski definition) is 4. The molecule has 0 spiro atoms. The van der Waals surface area contributed by atoms with E-state index in [0.29, 0.717) is 18.8 Å². The van der Waals surface area contributed by atoms with Gasteiger partial charge in [0, 0.05) is 31.5 Å². The van der Waals surface area contributed by atoms with Gasteiger partial charge < -0.3 is 9.64 Å². The average Bonchev–Trinajstić information content (AvgIpc) is 2.38. The number of nitrogens with zero attached hydrogens (tertiary/aromatic N) is 2. The van der Waals surface area contributed by atoms with Gasteiger partial charge in [0.2, 0.25) is 0 Å². The largest absolute Gasteiger partial charge is 0.383 e. The molecule has 6 heteroatoms. The Balaban J connectivity index is 3.10. The van der Waals surface area contributed by atoms with Crippen LogP contribution in [-0.4, -0.2) is 31.2 Å². The molecule has 106 valence electrons. The molecule has 0 radical (unpaired) electrons. The van der Waals surface area contributed by atoms with Gasteiger partial charge in [0.05, 0.1) is 17.6 Å². The molecule has 1 aromatic rings.